The Morgan fingerprint density at radius 2 is 1.70 bits per heavy atom. The fourth-order valence-corrected chi connectivity index (χ4v) is 4.35. The summed E-state index contributed by atoms with van der Waals surface area (Å²) >= 11 is 0. The Morgan fingerprint density at radius 1 is 1.00 bits per heavy atom. The number of rotatable bonds is 5. The zero-order valence-electron chi connectivity index (χ0n) is 13.7. The number of hydrogen-bond acceptors (Lipinski definition) is 2. The van der Waals surface area contributed by atoms with Gasteiger partial charge in [0.05, 0.1) is 0 Å². The molecule has 0 atom stereocenters. The third kappa shape index (κ3) is 3.98. The maximum Gasteiger partial charge on any atom is 0.00684 e. The highest BCUT2D eigenvalue weighted by Gasteiger charge is 2.38. The quantitative estimate of drug-likeness (QED) is 0.769. The summed E-state index contributed by atoms with van der Waals surface area (Å²) in [5, 5.41) is 3.86. The van der Waals surface area contributed by atoms with Gasteiger partial charge in [-0.1, -0.05) is 39.5 Å². The maximum absolute atomic E-state index is 3.86. The Kier molecular flexibility index (Phi) is 4.42. The second kappa shape index (κ2) is 5.96. The molecule has 0 aromatic carbocycles. The summed E-state index contributed by atoms with van der Waals surface area (Å²) in [5.41, 5.74) is 1.13. The fourth-order valence-electron chi connectivity index (χ4n) is 4.35. The van der Waals surface area contributed by atoms with Crippen LogP contribution in [-0.2, 0) is 0 Å². The van der Waals surface area contributed by atoms with E-state index in [0.717, 1.165) is 6.04 Å². The Balaban J connectivity index is 1.61. The summed E-state index contributed by atoms with van der Waals surface area (Å²) in [6.45, 7) is 10.2. The normalized spacial score (nSPS) is 30.3. The molecule has 1 heterocycles. The van der Waals surface area contributed by atoms with Crippen molar-refractivity contribution in [3.8, 4) is 0 Å². The summed E-state index contributed by atoms with van der Waals surface area (Å²) in [5.74, 6) is 0. The summed E-state index contributed by atoms with van der Waals surface area (Å²) < 4.78 is 0. The number of hydrogen-bond donors (Lipinski definition) is 1. The molecule has 2 aliphatic carbocycles. The molecule has 20 heavy (non-hydrogen) atoms. The second-order valence-corrected chi connectivity index (χ2v) is 8.69. The molecule has 3 rings (SSSR count). The Labute approximate surface area is 125 Å². The molecule has 1 saturated heterocycles. The Morgan fingerprint density at radius 3 is 2.25 bits per heavy atom. The smallest absolute Gasteiger partial charge is 0.00684 e. The van der Waals surface area contributed by atoms with Crippen molar-refractivity contribution in [3.05, 3.63) is 0 Å². The van der Waals surface area contributed by atoms with Crippen LogP contribution in [-0.4, -0.2) is 37.1 Å². The highest BCUT2D eigenvalue weighted by Crippen LogP contribution is 2.39. The van der Waals surface area contributed by atoms with E-state index in [0.29, 0.717) is 10.8 Å². The molecule has 3 aliphatic rings. The number of likely N-dealkylation sites (tertiary alicyclic amines) is 1. The van der Waals surface area contributed by atoms with Crippen molar-refractivity contribution in [1.82, 2.24) is 10.2 Å². The van der Waals surface area contributed by atoms with E-state index in [1.54, 1.807) is 0 Å². The van der Waals surface area contributed by atoms with Crippen LogP contribution in [0.15, 0.2) is 0 Å². The van der Waals surface area contributed by atoms with E-state index in [2.05, 4.69) is 24.1 Å². The van der Waals surface area contributed by atoms with E-state index in [9.17, 15) is 0 Å². The van der Waals surface area contributed by atoms with Crippen molar-refractivity contribution in [2.24, 2.45) is 10.8 Å². The minimum Gasteiger partial charge on any atom is -0.313 e. The first-order chi connectivity index (χ1) is 9.57. The number of nitrogens with zero attached hydrogens (tertiary/aromatic N) is 1. The van der Waals surface area contributed by atoms with Crippen molar-refractivity contribution >= 4 is 0 Å². The van der Waals surface area contributed by atoms with Gasteiger partial charge in [0.25, 0.3) is 0 Å². The van der Waals surface area contributed by atoms with Gasteiger partial charge < -0.3 is 10.2 Å². The van der Waals surface area contributed by atoms with Crippen LogP contribution < -0.4 is 5.32 Å². The zero-order valence-corrected chi connectivity index (χ0v) is 13.7. The zero-order chi connectivity index (χ0) is 14.1. The van der Waals surface area contributed by atoms with Crippen molar-refractivity contribution in [1.29, 1.82) is 0 Å². The molecule has 0 aromatic heterocycles. The number of nitrogens with one attached hydrogen (secondary N) is 1. The van der Waals surface area contributed by atoms with Gasteiger partial charge in [0, 0.05) is 25.7 Å². The van der Waals surface area contributed by atoms with Gasteiger partial charge in [-0.2, -0.15) is 0 Å². The minimum atomic E-state index is 0.551. The van der Waals surface area contributed by atoms with Crippen LogP contribution in [0.25, 0.3) is 0 Å². The van der Waals surface area contributed by atoms with Crippen molar-refractivity contribution < 1.29 is 0 Å². The molecule has 0 radical (unpaired) electrons. The molecule has 0 unspecified atom stereocenters. The summed E-state index contributed by atoms with van der Waals surface area (Å²) in [6, 6.07) is 0.866. The molecule has 3 fully saturated rings. The summed E-state index contributed by atoms with van der Waals surface area (Å²) in [6.07, 6.45) is 13.0. The van der Waals surface area contributed by atoms with Gasteiger partial charge in [-0.15, -0.1) is 0 Å². The first-order valence-electron chi connectivity index (χ1n) is 9.03. The molecular formula is C18H34N2. The van der Waals surface area contributed by atoms with Gasteiger partial charge >= 0.3 is 0 Å². The molecular weight excluding hydrogens is 244 g/mol. The third-order valence-electron chi connectivity index (χ3n) is 5.82. The van der Waals surface area contributed by atoms with Crippen LogP contribution in [0.2, 0.25) is 0 Å². The van der Waals surface area contributed by atoms with Crippen molar-refractivity contribution in [2.45, 2.75) is 77.7 Å². The summed E-state index contributed by atoms with van der Waals surface area (Å²) in [7, 11) is 0. The average Bonchev–Trinajstić information content (AvgIpc) is 3.17. The molecule has 0 amide bonds. The van der Waals surface area contributed by atoms with Crippen LogP contribution in [0.5, 0.6) is 0 Å². The lowest BCUT2D eigenvalue weighted by molar-refractivity contribution is 0.137. The lowest BCUT2D eigenvalue weighted by Crippen LogP contribution is -2.44. The minimum absolute atomic E-state index is 0.551. The van der Waals surface area contributed by atoms with Gasteiger partial charge in [0.15, 0.2) is 0 Å². The van der Waals surface area contributed by atoms with E-state index >= 15 is 0 Å². The molecule has 1 aliphatic heterocycles. The largest absolute Gasteiger partial charge is 0.313 e. The van der Waals surface area contributed by atoms with E-state index < -0.39 is 0 Å². The predicted octanol–water partition coefficient (Wildman–Crippen LogP) is 3.81. The van der Waals surface area contributed by atoms with Gasteiger partial charge in [-0.3, -0.25) is 0 Å². The monoisotopic (exact) mass is 278 g/mol. The first kappa shape index (κ1) is 14.8. The molecule has 0 aromatic rings. The Hall–Kier alpha value is -0.0800. The van der Waals surface area contributed by atoms with Gasteiger partial charge in [-0.05, 0) is 49.5 Å². The van der Waals surface area contributed by atoms with Gasteiger partial charge in [-0.25, -0.2) is 0 Å². The van der Waals surface area contributed by atoms with Crippen molar-refractivity contribution in [3.63, 3.8) is 0 Å². The Bertz CT molecular complexity index is 311. The molecule has 2 saturated carbocycles. The fraction of sp³-hybridized carbons (Fsp3) is 1.00. The van der Waals surface area contributed by atoms with Crippen molar-refractivity contribution in [2.75, 3.05) is 26.2 Å². The SMILES string of the molecule is CC1(C)CCN(CC2(CNC3CC3)CCCCCC2)C1. The molecule has 2 nitrogen and oxygen atoms in total. The van der Waals surface area contributed by atoms with Gasteiger partial charge in [0.1, 0.15) is 0 Å². The predicted molar refractivity (Wildman–Crippen MR) is 86.0 cm³/mol. The van der Waals surface area contributed by atoms with E-state index in [1.165, 1.54) is 84.0 Å². The standard InChI is InChI=1S/C18H34N2/c1-17(2)11-12-20(14-17)15-18(13-19-16-7-8-16)9-5-3-4-6-10-18/h16,19H,3-15H2,1-2H3. The topological polar surface area (TPSA) is 15.3 Å². The lowest BCUT2D eigenvalue weighted by atomic mass is 9.79. The van der Waals surface area contributed by atoms with Crippen LogP contribution in [0, 0.1) is 10.8 Å². The van der Waals surface area contributed by atoms with E-state index in [4.69, 9.17) is 0 Å². The second-order valence-electron chi connectivity index (χ2n) is 8.69. The third-order valence-corrected chi connectivity index (χ3v) is 5.82. The molecule has 0 bridgehead atoms. The molecule has 0 spiro atoms. The summed E-state index contributed by atoms with van der Waals surface area (Å²) in [4.78, 5) is 2.78. The molecule has 1 N–H and O–H groups in total. The van der Waals surface area contributed by atoms with E-state index in [-0.39, 0.29) is 0 Å². The van der Waals surface area contributed by atoms with Crippen LogP contribution >= 0.6 is 0 Å². The maximum atomic E-state index is 3.86. The highest BCUT2D eigenvalue weighted by atomic mass is 15.2. The van der Waals surface area contributed by atoms with Crippen LogP contribution in [0.1, 0.15) is 71.6 Å². The lowest BCUT2D eigenvalue weighted by Gasteiger charge is -2.37. The van der Waals surface area contributed by atoms with Crippen LogP contribution in [0.4, 0.5) is 0 Å². The highest BCUT2D eigenvalue weighted by molar-refractivity contribution is 4.93. The van der Waals surface area contributed by atoms with E-state index in [1.807, 2.05) is 0 Å². The molecule has 2 heteroatoms. The van der Waals surface area contributed by atoms with Gasteiger partial charge in [0.2, 0.25) is 0 Å². The van der Waals surface area contributed by atoms with Crippen LogP contribution in [0.3, 0.4) is 0 Å². The average molecular weight is 278 g/mol. The molecule has 116 valence electrons. The first-order valence-corrected chi connectivity index (χ1v) is 9.03.